The van der Waals surface area contributed by atoms with Gasteiger partial charge in [-0.3, -0.25) is 0 Å². The van der Waals surface area contributed by atoms with Crippen molar-refractivity contribution in [3.8, 4) is 5.75 Å². The van der Waals surface area contributed by atoms with Gasteiger partial charge in [0.1, 0.15) is 5.75 Å². The molecule has 1 unspecified atom stereocenters. The Morgan fingerprint density at radius 3 is 2.55 bits per heavy atom. The number of carboxylic acid groups (broad SMARTS) is 1. The Bertz CT molecular complexity index is 590. The van der Waals surface area contributed by atoms with Crippen LogP contribution in [0, 0.1) is 6.92 Å². The molecule has 0 amide bonds. The molecule has 20 heavy (non-hydrogen) atoms. The first kappa shape index (κ1) is 14.4. The summed E-state index contributed by atoms with van der Waals surface area (Å²) in [7, 11) is 0. The molecule has 0 saturated heterocycles. The van der Waals surface area contributed by atoms with Crippen molar-refractivity contribution >= 4 is 12.0 Å². The first-order valence-electron chi connectivity index (χ1n) is 6.03. The van der Waals surface area contributed by atoms with Crippen molar-refractivity contribution in [3.05, 3.63) is 34.9 Å². The highest BCUT2D eigenvalue weighted by Crippen LogP contribution is 2.47. The number of aryl methyl sites for hydroxylation is 1. The number of rotatable bonds is 2. The highest BCUT2D eigenvalue weighted by molar-refractivity contribution is 5.96. The molecule has 0 bridgehead atoms. The van der Waals surface area contributed by atoms with E-state index >= 15 is 0 Å². The summed E-state index contributed by atoms with van der Waals surface area (Å²) >= 11 is 0. The predicted molar refractivity (Wildman–Crippen MR) is 66.5 cm³/mol. The maximum Gasteiger partial charge on any atom is 0.432 e. The molecule has 1 aromatic carbocycles. The third-order valence-corrected chi connectivity index (χ3v) is 3.37. The quantitative estimate of drug-likeness (QED) is 0.904. The third-order valence-electron chi connectivity index (χ3n) is 3.37. The average Bonchev–Trinajstić information content (AvgIpc) is 2.35. The van der Waals surface area contributed by atoms with Gasteiger partial charge < -0.3 is 9.84 Å². The van der Waals surface area contributed by atoms with Gasteiger partial charge in [0, 0.05) is 5.56 Å². The topological polar surface area (TPSA) is 46.5 Å². The molecule has 0 radical (unpaired) electrons. The van der Waals surface area contributed by atoms with Crippen LogP contribution in [0.3, 0.4) is 0 Å². The third kappa shape index (κ3) is 2.05. The minimum absolute atomic E-state index is 0.0415. The fourth-order valence-electron chi connectivity index (χ4n) is 2.30. The number of carbonyl (C=O) groups is 1. The number of hydrogen-bond donors (Lipinski definition) is 1. The monoisotopic (exact) mass is 286 g/mol. The maximum absolute atomic E-state index is 13.4. The van der Waals surface area contributed by atoms with Crippen molar-refractivity contribution < 1.29 is 27.8 Å². The van der Waals surface area contributed by atoms with Crippen molar-refractivity contribution in [2.75, 3.05) is 0 Å². The molecule has 1 atom stereocenters. The standard InChI is InChI=1S/C14H13F3O3/c1-3-13(14(15,16)17)10(12(18)19)7-9-6-8(2)4-5-11(9)20-13/h4-7H,3H2,1-2H3,(H,18,19). The number of hydrogen-bond acceptors (Lipinski definition) is 2. The van der Waals surface area contributed by atoms with E-state index in [1.165, 1.54) is 13.0 Å². The molecule has 0 saturated carbocycles. The van der Waals surface area contributed by atoms with Crippen LogP contribution >= 0.6 is 0 Å². The second-order valence-electron chi connectivity index (χ2n) is 4.68. The van der Waals surface area contributed by atoms with E-state index in [4.69, 9.17) is 9.84 Å². The van der Waals surface area contributed by atoms with Gasteiger partial charge in [-0.1, -0.05) is 18.6 Å². The lowest BCUT2D eigenvalue weighted by Gasteiger charge is -2.38. The van der Waals surface area contributed by atoms with Crippen molar-refractivity contribution in [2.24, 2.45) is 0 Å². The van der Waals surface area contributed by atoms with Gasteiger partial charge in [0.15, 0.2) is 0 Å². The van der Waals surface area contributed by atoms with Gasteiger partial charge in [0.25, 0.3) is 0 Å². The normalized spacial score (nSPS) is 21.8. The molecule has 0 fully saturated rings. The van der Waals surface area contributed by atoms with Gasteiger partial charge in [0.2, 0.25) is 5.60 Å². The van der Waals surface area contributed by atoms with Crippen molar-refractivity contribution in [2.45, 2.75) is 32.0 Å². The van der Waals surface area contributed by atoms with E-state index in [-0.39, 0.29) is 5.75 Å². The van der Waals surface area contributed by atoms with E-state index in [1.807, 2.05) is 0 Å². The maximum atomic E-state index is 13.4. The second kappa shape index (κ2) is 4.54. The number of ether oxygens (including phenoxy) is 1. The number of fused-ring (bicyclic) bond motifs is 1. The number of halogens is 3. The summed E-state index contributed by atoms with van der Waals surface area (Å²) < 4.78 is 45.1. The van der Waals surface area contributed by atoms with Gasteiger partial charge in [-0.25, -0.2) is 4.79 Å². The molecule has 0 spiro atoms. The van der Waals surface area contributed by atoms with E-state index < -0.39 is 29.7 Å². The zero-order valence-electron chi connectivity index (χ0n) is 10.9. The Labute approximate surface area is 113 Å². The molecular weight excluding hydrogens is 273 g/mol. The first-order valence-corrected chi connectivity index (χ1v) is 6.03. The Hall–Kier alpha value is -1.98. The number of alkyl halides is 3. The largest absolute Gasteiger partial charge is 0.478 e. The van der Waals surface area contributed by atoms with Crippen LogP contribution in [-0.4, -0.2) is 22.9 Å². The Morgan fingerprint density at radius 2 is 2.05 bits per heavy atom. The summed E-state index contributed by atoms with van der Waals surface area (Å²) in [6.07, 6.45) is -4.28. The number of carboxylic acids is 1. The SMILES string of the molecule is CCC1(C(F)(F)F)Oc2ccc(C)cc2C=C1C(=O)O. The van der Waals surface area contributed by atoms with Gasteiger partial charge >= 0.3 is 12.1 Å². The van der Waals surface area contributed by atoms with Crippen molar-refractivity contribution in [1.29, 1.82) is 0 Å². The zero-order chi connectivity index (χ0) is 15.1. The van der Waals surface area contributed by atoms with E-state index in [9.17, 15) is 18.0 Å². The van der Waals surface area contributed by atoms with Crippen LogP contribution in [0.15, 0.2) is 23.8 Å². The zero-order valence-corrected chi connectivity index (χ0v) is 10.9. The first-order chi connectivity index (χ1) is 9.21. The fourth-order valence-corrected chi connectivity index (χ4v) is 2.30. The van der Waals surface area contributed by atoms with Crippen LogP contribution in [0.1, 0.15) is 24.5 Å². The van der Waals surface area contributed by atoms with E-state index in [1.54, 1.807) is 19.1 Å². The molecule has 1 aromatic rings. The molecule has 2 rings (SSSR count). The van der Waals surface area contributed by atoms with Crippen LogP contribution in [0.4, 0.5) is 13.2 Å². The summed E-state index contributed by atoms with van der Waals surface area (Å²) in [5.74, 6) is -1.59. The summed E-state index contributed by atoms with van der Waals surface area (Å²) in [5.41, 5.74) is -2.44. The van der Waals surface area contributed by atoms with Crippen LogP contribution in [-0.2, 0) is 4.79 Å². The Balaban J connectivity index is 2.69. The van der Waals surface area contributed by atoms with E-state index in [0.29, 0.717) is 5.56 Å². The lowest BCUT2D eigenvalue weighted by molar-refractivity contribution is -0.236. The van der Waals surface area contributed by atoms with Gasteiger partial charge in [-0.2, -0.15) is 13.2 Å². The number of aliphatic carboxylic acids is 1. The molecular formula is C14H13F3O3. The summed E-state index contributed by atoms with van der Waals surface area (Å²) in [6.45, 7) is 3.02. The van der Waals surface area contributed by atoms with Gasteiger partial charge in [0.05, 0.1) is 5.57 Å². The second-order valence-corrected chi connectivity index (χ2v) is 4.68. The van der Waals surface area contributed by atoms with Gasteiger partial charge in [-0.05, 0) is 31.6 Å². The molecule has 1 aliphatic rings. The molecule has 1 heterocycles. The highest BCUT2D eigenvalue weighted by atomic mass is 19.4. The molecule has 3 nitrogen and oxygen atoms in total. The Morgan fingerprint density at radius 1 is 1.40 bits per heavy atom. The molecule has 108 valence electrons. The van der Waals surface area contributed by atoms with Crippen LogP contribution in [0.25, 0.3) is 6.08 Å². The molecule has 1 aliphatic heterocycles. The van der Waals surface area contributed by atoms with Crippen LogP contribution in [0.2, 0.25) is 0 Å². The molecule has 0 aliphatic carbocycles. The van der Waals surface area contributed by atoms with Gasteiger partial charge in [-0.15, -0.1) is 0 Å². The highest BCUT2D eigenvalue weighted by Gasteiger charge is 2.61. The van der Waals surface area contributed by atoms with Crippen molar-refractivity contribution in [1.82, 2.24) is 0 Å². The average molecular weight is 286 g/mol. The minimum Gasteiger partial charge on any atom is -0.478 e. The summed E-state index contributed by atoms with van der Waals surface area (Å²) in [5, 5.41) is 9.11. The van der Waals surface area contributed by atoms with E-state index in [0.717, 1.165) is 11.6 Å². The molecule has 0 aromatic heterocycles. The summed E-state index contributed by atoms with van der Waals surface area (Å²) in [4.78, 5) is 11.2. The fraction of sp³-hybridized carbons (Fsp3) is 0.357. The summed E-state index contributed by atoms with van der Waals surface area (Å²) in [6, 6.07) is 4.64. The smallest absolute Gasteiger partial charge is 0.432 e. The molecule has 1 N–H and O–H groups in total. The minimum atomic E-state index is -4.81. The number of benzene rings is 1. The van der Waals surface area contributed by atoms with Crippen molar-refractivity contribution in [3.63, 3.8) is 0 Å². The Kier molecular flexibility index (Phi) is 3.28. The van der Waals surface area contributed by atoms with Crippen LogP contribution in [0.5, 0.6) is 5.75 Å². The lowest BCUT2D eigenvalue weighted by atomic mass is 9.85. The lowest BCUT2D eigenvalue weighted by Crippen LogP contribution is -2.54. The van der Waals surface area contributed by atoms with Crippen LogP contribution < -0.4 is 4.74 Å². The van der Waals surface area contributed by atoms with E-state index in [2.05, 4.69) is 0 Å². The molecule has 6 heteroatoms. The predicted octanol–water partition coefficient (Wildman–Crippen LogP) is 3.57.